The van der Waals surface area contributed by atoms with Crippen molar-refractivity contribution in [1.29, 1.82) is 0 Å². The Balaban J connectivity index is 2.91. The summed E-state index contributed by atoms with van der Waals surface area (Å²) in [6.07, 6.45) is 0.503. The molecule has 0 aliphatic heterocycles. The van der Waals surface area contributed by atoms with Gasteiger partial charge in [0.25, 0.3) is 0 Å². The van der Waals surface area contributed by atoms with E-state index in [-0.39, 0.29) is 5.84 Å². The van der Waals surface area contributed by atoms with Crippen LogP contribution in [0.25, 0.3) is 0 Å². The lowest BCUT2D eigenvalue weighted by Crippen LogP contribution is -2.15. The van der Waals surface area contributed by atoms with Crippen molar-refractivity contribution in [2.75, 3.05) is 5.43 Å². The average Bonchev–Trinajstić information content (AvgIpc) is 2.28. The number of oxime groups is 1. The molecule has 0 amide bonds. The molecule has 0 saturated heterocycles. The summed E-state index contributed by atoms with van der Waals surface area (Å²) in [5.41, 5.74) is 8.61. The first-order valence-corrected chi connectivity index (χ1v) is 4.14. The molecule has 1 aromatic carbocycles. The van der Waals surface area contributed by atoms with Gasteiger partial charge in [-0.15, -0.1) is 0 Å². The molecule has 0 aliphatic rings. The van der Waals surface area contributed by atoms with Crippen LogP contribution in [0.15, 0.2) is 34.5 Å². The highest BCUT2D eigenvalue weighted by Gasteiger charge is 2.06. The van der Waals surface area contributed by atoms with Gasteiger partial charge in [0.1, 0.15) is 0 Å². The Morgan fingerprint density at radius 3 is 2.88 bits per heavy atom. The maximum atomic E-state index is 9.99. The van der Waals surface area contributed by atoms with Crippen molar-refractivity contribution in [3.63, 3.8) is 0 Å². The Hall–Kier alpha value is -2.64. The Morgan fingerprint density at radius 1 is 1.56 bits per heavy atom. The van der Waals surface area contributed by atoms with E-state index in [1.165, 1.54) is 0 Å². The summed E-state index contributed by atoms with van der Waals surface area (Å²) in [5.74, 6) is -0.112. The number of hydrogen-bond donors (Lipinski definition) is 3. The van der Waals surface area contributed by atoms with Gasteiger partial charge in [0, 0.05) is 10.7 Å². The first-order chi connectivity index (χ1) is 7.65. The second-order valence-electron chi connectivity index (χ2n) is 2.67. The van der Waals surface area contributed by atoms with Crippen molar-refractivity contribution in [2.24, 2.45) is 16.0 Å². The van der Waals surface area contributed by atoms with Crippen LogP contribution in [0.4, 0.5) is 5.69 Å². The molecule has 0 spiro atoms. The second-order valence-corrected chi connectivity index (χ2v) is 2.67. The molecule has 84 valence electrons. The van der Waals surface area contributed by atoms with Gasteiger partial charge in [-0.05, 0) is 17.1 Å². The smallest absolute Gasteiger partial charge is 0.352 e. The fraction of sp³-hybridized carbons (Fsp3) is 0. The van der Waals surface area contributed by atoms with E-state index in [4.69, 9.17) is 10.9 Å². The number of rotatable bonds is 4. The summed E-state index contributed by atoms with van der Waals surface area (Å²) in [7, 11) is 0. The summed E-state index contributed by atoms with van der Waals surface area (Å²) in [6.45, 7) is 0. The first-order valence-electron chi connectivity index (χ1n) is 4.14. The van der Waals surface area contributed by atoms with Gasteiger partial charge in [0.2, 0.25) is 0 Å². The van der Waals surface area contributed by atoms with Crippen molar-refractivity contribution in [1.82, 2.24) is 0 Å². The van der Waals surface area contributed by atoms with E-state index in [9.17, 15) is 10.1 Å². The molecule has 0 aliphatic carbocycles. The number of nitrogens with zero attached hydrogens (tertiary/aromatic N) is 3. The molecule has 1 rings (SSSR count). The predicted octanol–water partition coefficient (Wildman–Crippen LogP) is 0.413. The molecule has 16 heavy (non-hydrogen) atoms. The van der Waals surface area contributed by atoms with Crippen molar-refractivity contribution in [3.05, 3.63) is 39.9 Å². The van der Waals surface area contributed by atoms with Crippen LogP contribution in [0.3, 0.4) is 0 Å². The van der Waals surface area contributed by atoms with E-state index >= 15 is 0 Å². The van der Waals surface area contributed by atoms with Crippen LogP contribution < -0.4 is 11.2 Å². The topological polar surface area (TPSA) is 126 Å². The monoisotopic (exact) mass is 223 g/mol. The molecule has 4 N–H and O–H groups in total. The molecule has 0 saturated carbocycles. The SMILES string of the molecule is N/C(=N\O)c1ccccc1N/N=C/[N+](=O)[O-]. The van der Waals surface area contributed by atoms with Crippen LogP contribution in [0.2, 0.25) is 0 Å². The maximum absolute atomic E-state index is 9.99. The van der Waals surface area contributed by atoms with E-state index in [1.54, 1.807) is 24.3 Å². The van der Waals surface area contributed by atoms with Gasteiger partial charge in [0.15, 0.2) is 5.84 Å². The number of hydrogen-bond acceptors (Lipinski definition) is 6. The highest BCUT2D eigenvalue weighted by Crippen LogP contribution is 2.14. The van der Waals surface area contributed by atoms with E-state index in [1.807, 2.05) is 0 Å². The van der Waals surface area contributed by atoms with E-state index < -0.39 is 4.92 Å². The van der Waals surface area contributed by atoms with Crippen LogP contribution in [0, 0.1) is 10.1 Å². The van der Waals surface area contributed by atoms with Crippen LogP contribution in [0.1, 0.15) is 5.56 Å². The number of amidine groups is 1. The minimum atomic E-state index is -0.709. The quantitative estimate of drug-likeness (QED) is 0.224. The van der Waals surface area contributed by atoms with Crippen molar-refractivity contribution < 1.29 is 10.1 Å². The molecule has 0 bridgehead atoms. The Labute approximate surface area is 90.2 Å². The molecule has 0 radical (unpaired) electrons. The second kappa shape index (κ2) is 5.29. The Kier molecular flexibility index (Phi) is 3.78. The molecular formula is C8H9N5O3. The van der Waals surface area contributed by atoms with E-state index in [2.05, 4.69) is 15.7 Å². The van der Waals surface area contributed by atoms with Gasteiger partial charge in [-0.25, -0.2) is 0 Å². The number of benzene rings is 1. The van der Waals surface area contributed by atoms with Crippen molar-refractivity contribution in [2.45, 2.75) is 0 Å². The molecular weight excluding hydrogens is 214 g/mol. The molecule has 8 nitrogen and oxygen atoms in total. The lowest BCUT2D eigenvalue weighted by molar-refractivity contribution is -0.339. The predicted molar refractivity (Wildman–Crippen MR) is 58.1 cm³/mol. The standard InChI is InChI=1S/C8H9N5O3/c9-8(12-14)6-3-1-2-4-7(6)11-10-5-13(15)16/h1-5,11,14H,(H2,9,12)/b10-5+. The fourth-order valence-corrected chi connectivity index (χ4v) is 1.00. The largest absolute Gasteiger partial charge is 0.409 e. The summed E-state index contributed by atoms with van der Waals surface area (Å²) in [5, 5.41) is 24.7. The lowest BCUT2D eigenvalue weighted by Gasteiger charge is -2.03. The third kappa shape index (κ3) is 2.94. The normalized spacial score (nSPS) is 11.6. The molecule has 0 atom stereocenters. The lowest BCUT2D eigenvalue weighted by atomic mass is 10.1. The first kappa shape index (κ1) is 11.4. The van der Waals surface area contributed by atoms with Gasteiger partial charge in [-0.1, -0.05) is 17.3 Å². The van der Waals surface area contributed by atoms with Gasteiger partial charge in [0.05, 0.1) is 5.69 Å². The Bertz CT molecular complexity index is 443. The zero-order chi connectivity index (χ0) is 12.0. The minimum absolute atomic E-state index is 0.112. The van der Waals surface area contributed by atoms with Gasteiger partial charge in [-0.2, -0.15) is 5.43 Å². The van der Waals surface area contributed by atoms with Crippen LogP contribution in [0.5, 0.6) is 0 Å². The van der Waals surface area contributed by atoms with E-state index in [0.717, 1.165) is 0 Å². The van der Waals surface area contributed by atoms with Gasteiger partial charge < -0.3 is 21.1 Å². The van der Waals surface area contributed by atoms with Crippen LogP contribution in [-0.4, -0.2) is 22.3 Å². The maximum Gasteiger partial charge on any atom is 0.352 e. The highest BCUT2D eigenvalue weighted by molar-refractivity contribution is 6.01. The summed E-state index contributed by atoms with van der Waals surface area (Å²) < 4.78 is 0. The molecule has 0 fully saturated rings. The molecule has 0 unspecified atom stereocenters. The van der Waals surface area contributed by atoms with Gasteiger partial charge >= 0.3 is 6.34 Å². The average molecular weight is 223 g/mol. The van der Waals surface area contributed by atoms with Crippen molar-refractivity contribution in [3.8, 4) is 0 Å². The van der Waals surface area contributed by atoms with Crippen molar-refractivity contribution >= 4 is 17.9 Å². The minimum Gasteiger partial charge on any atom is -0.409 e. The highest BCUT2D eigenvalue weighted by atomic mass is 16.6. The molecule has 0 aromatic heterocycles. The van der Waals surface area contributed by atoms with Gasteiger partial charge in [-0.3, -0.25) is 0 Å². The number of hydrazone groups is 1. The number of nitro groups is 1. The van der Waals surface area contributed by atoms with E-state index in [0.29, 0.717) is 17.6 Å². The molecule has 0 heterocycles. The number of anilines is 1. The third-order valence-electron chi connectivity index (χ3n) is 1.65. The Morgan fingerprint density at radius 2 is 2.25 bits per heavy atom. The number of nitrogens with two attached hydrogens (primary N) is 1. The number of nitrogens with one attached hydrogen (secondary N) is 1. The fourth-order valence-electron chi connectivity index (χ4n) is 1.00. The van der Waals surface area contributed by atoms with Crippen LogP contribution >= 0.6 is 0 Å². The third-order valence-corrected chi connectivity index (χ3v) is 1.65. The molecule has 8 heteroatoms. The summed E-state index contributed by atoms with van der Waals surface area (Å²) >= 11 is 0. The number of para-hydroxylation sites is 1. The summed E-state index contributed by atoms with van der Waals surface area (Å²) in [6, 6.07) is 6.53. The zero-order valence-electron chi connectivity index (χ0n) is 8.07. The zero-order valence-corrected chi connectivity index (χ0v) is 8.07. The van der Waals surface area contributed by atoms with Crippen LogP contribution in [-0.2, 0) is 0 Å². The summed E-state index contributed by atoms with van der Waals surface area (Å²) in [4.78, 5) is 9.28. The molecule has 1 aromatic rings.